The topological polar surface area (TPSA) is 41.3 Å². The van der Waals surface area contributed by atoms with E-state index in [1.165, 1.54) is 13.0 Å². The molecule has 4 heteroatoms. The van der Waals surface area contributed by atoms with Crippen molar-refractivity contribution in [2.24, 2.45) is 5.73 Å². The van der Waals surface area contributed by atoms with Crippen molar-refractivity contribution >= 4 is 17.3 Å². The smallest absolute Gasteiger partial charge is 0.0508 e. The van der Waals surface area contributed by atoms with E-state index in [0.29, 0.717) is 6.54 Å². The van der Waals surface area contributed by atoms with Crippen molar-refractivity contribution in [2.75, 3.05) is 31.5 Å². The third-order valence-electron chi connectivity index (χ3n) is 4.11. The van der Waals surface area contributed by atoms with E-state index in [9.17, 15) is 0 Å². The maximum Gasteiger partial charge on any atom is 0.0508 e. The van der Waals surface area contributed by atoms with E-state index in [-0.39, 0.29) is 5.54 Å². The van der Waals surface area contributed by atoms with Gasteiger partial charge in [0.15, 0.2) is 0 Å². The number of nitrogens with two attached hydrogens (primary N) is 1. The van der Waals surface area contributed by atoms with Crippen LogP contribution < -0.4 is 11.1 Å². The van der Waals surface area contributed by atoms with E-state index < -0.39 is 0 Å². The predicted octanol–water partition coefficient (Wildman–Crippen LogP) is 2.96. The Kier molecular flexibility index (Phi) is 5.08. The highest BCUT2D eigenvalue weighted by Crippen LogP contribution is 2.27. The zero-order chi connectivity index (χ0) is 13.7. The highest BCUT2D eigenvalue weighted by molar-refractivity contribution is 6.30. The molecular formula is C15H24ClN3. The number of hydrogen-bond donors (Lipinski definition) is 2. The summed E-state index contributed by atoms with van der Waals surface area (Å²) in [4.78, 5) is 2.50. The molecule has 1 aromatic rings. The van der Waals surface area contributed by atoms with Gasteiger partial charge in [-0.25, -0.2) is 0 Å². The van der Waals surface area contributed by atoms with Crippen molar-refractivity contribution in [1.82, 2.24) is 4.90 Å². The summed E-state index contributed by atoms with van der Waals surface area (Å²) in [6.07, 6.45) is 3.40. The molecule has 0 spiro atoms. The number of hydrogen-bond acceptors (Lipinski definition) is 3. The van der Waals surface area contributed by atoms with Gasteiger partial charge in [0.2, 0.25) is 0 Å². The van der Waals surface area contributed by atoms with Crippen molar-refractivity contribution in [3.63, 3.8) is 0 Å². The Morgan fingerprint density at radius 2 is 2.21 bits per heavy atom. The molecule has 106 valence electrons. The second kappa shape index (κ2) is 6.60. The van der Waals surface area contributed by atoms with E-state index >= 15 is 0 Å². The quantitative estimate of drug-likeness (QED) is 0.892. The van der Waals surface area contributed by atoms with E-state index in [1.807, 2.05) is 18.2 Å². The molecule has 0 aromatic heterocycles. The van der Waals surface area contributed by atoms with Crippen LogP contribution in [0.15, 0.2) is 24.3 Å². The first-order valence-corrected chi connectivity index (χ1v) is 7.51. The van der Waals surface area contributed by atoms with Gasteiger partial charge in [-0.1, -0.05) is 24.6 Å². The fourth-order valence-corrected chi connectivity index (χ4v) is 3.01. The van der Waals surface area contributed by atoms with Crippen LogP contribution in [0.25, 0.3) is 0 Å². The summed E-state index contributed by atoms with van der Waals surface area (Å²) in [5, 5.41) is 4.40. The Morgan fingerprint density at radius 1 is 1.37 bits per heavy atom. The standard InChI is InChI=1S/C15H24ClN3/c1-2-19-9-4-7-15(12-17,8-10-19)18-14-6-3-5-13(16)11-14/h3,5-6,11,18H,2,4,7-10,12,17H2,1H3. The van der Waals surface area contributed by atoms with Gasteiger partial charge in [-0.15, -0.1) is 0 Å². The molecule has 1 saturated heterocycles. The van der Waals surface area contributed by atoms with Crippen molar-refractivity contribution in [1.29, 1.82) is 0 Å². The summed E-state index contributed by atoms with van der Waals surface area (Å²) in [5.41, 5.74) is 7.15. The summed E-state index contributed by atoms with van der Waals surface area (Å²) < 4.78 is 0. The molecule has 0 bridgehead atoms. The lowest BCUT2D eigenvalue weighted by atomic mass is 9.90. The van der Waals surface area contributed by atoms with Crippen LogP contribution in [-0.4, -0.2) is 36.6 Å². The average molecular weight is 282 g/mol. The van der Waals surface area contributed by atoms with Gasteiger partial charge in [-0.2, -0.15) is 0 Å². The average Bonchev–Trinajstić information content (AvgIpc) is 2.62. The molecule has 1 fully saturated rings. The summed E-state index contributed by atoms with van der Waals surface area (Å²) in [7, 11) is 0. The Labute approximate surface area is 121 Å². The van der Waals surface area contributed by atoms with Gasteiger partial charge in [-0.05, 0) is 50.6 Å². The number of nitrogens with zero attached hydrogens (tertiary/aromatic N) is 1. The van der Waals surface area contributed by atoms with Gasteiger partial charge in [0.25, 0.3) is 0 Å². The second-order valence-electron chi connectivity index (χ2n) is 5.41. The lowest BCUT2D eigenvalue weighted by Crippen LogP contribution is -2.46. The van der Waals surface area contributed by atoms with Crippen LogP contribution >= 0.6 is 11.6 Å². The van der Waals surface area contributed by atoms with Crippen LogP contribution in [0.4, 0.5) is 5.69 Å². The van der Waals surface area contributed by atoms with Crippen molar-refractivity contribution in [2.45, 2.75) is 31.7 Å². The first-order chi connectivity index (χ1) is 9.17. The fourth-order valence-electron chi connectivity index (χ4n) is 2.82. The molecule has 1 unspecified atom stereocenters. The van der Waals surface area contributed by atoms with Gasteiger partial charge in [0.05, 0.1) is 5.54 Å². The molecule has 19 heavy (non-hydrogen) atoms. The van der Waals surface area contributed by atoms with Crippen LogP contribution in [-0.2, 0) is 0 Å². The molecular weight excluding hydrogens is 258 g/mol. The maximum atomic E-state index is 6.07. The lowest BCUT2D eigenvalue weighted by Gasteiger charge is -2.34. The van der Waals surface area contributed by atoms with Gasteiger partial charge < -0.3 is 16.0 Å². The van der Waals surface area contributed by atoms with Crippen LogP contribution in [0, 0.1) is 0 Å². The molecule has 1 atom stereocenters. The number of likely N-dealkylation sites (tertiary alicyclic amines) is 1. The molecule has 3 nitrogen and oxygen atoms in total. The summed E-state index contributed by atoms with van der Waals surface area (Å²) in [6, 6.07) is 7.91. The van der Waals surface area contributed by atoms with E-state index in [4.69, 9.17) is 17.3 Å². The summed E-state index contributed by atoms with van der Waals surface area (Å²) in [6.45, 7) is 6.30. The minimum Gasteiger partial charge on any atom is -0.378 e. The molecule has 2 rings (SSSR count). The van der Waals surface area contributed by atoms with E-state index in [2.05, 4.69) is 23.2 Å². The third kappa shape index (κ3) is 3.85. The zero-order valence-electron chi connectivity index (χ0n) is 11.7. The first-order valence-electron chi connectivity index (χ1n) is 7.14. The molecule has 0 amide bonds. The predicted molar refractivity (Wildman–Crippen MR) is 82.8 cm³/mol. The maximum absolute atomic E-state index is 6.07. The van der Waals surface area contributed by atoms with Crippen LogP contribution in [0.2, 0.25) is 5.02 Å². The summed E-state index contributed by atoms with van der Waals surface area (Å²) in [5.74, 6) is 0. The minimum absolute atomic E-state index is 0.00853. The number of nitrogens with one attached hydrogen (secondary N) is 1. The van der Waals surface area contributed by atoms with E-state index in [1.54, 1.807) is 0 Å². The van der Waals surface area contributed by atoms with Gasteiger partial charge in [0, 0.05) is 23.8 Å². The van der Waals surface area contributed by atoms with Crippen molar-refractivity contribution in [3.05, 3.63) is 29.3 Å². The monoisotopic (exact) mass is 281 g/mol. The fraction of sp³-hybridized carbons (Fsp3) is 0.600. The first kappa shape index (κ1) is 14.6. The molecule has 0 saturated carbocycles. The van der Waals surface area contributed by atoms with Crippen molar-refractivity contribution < 1.29 is 0 Å². The number of anilines is 1. The van der Waals surface area contributed by atoms with Crippen LogP contribution in [0.1, 0.15) is 26.2 Å². The molecule has 1 heterocycles. The highest BCUT2D eigenvalue weighted by atomic mass is 35.5. The second-order valence-corrected chi connectivity index (χ2v) is 5.84. The Hall–Kier alpha value is -0.770. The SMILES string of the molecule is CCN1CCCC(CN)(Nc2cccc(Cl)c2)CC1. The Bertz CT molecular complexity index is 410. The number of rotatable bonds is 4. The molecule has 1 aliphatic heterocycles. The minimum atomic E-state index is 0.00853. The summed E-state index contributed by atoms with van der Waals surface area (Å²) >= 11 is 6.05. The van der Waals surface area contributed by atoms with Gasteiger partial charge >= 0.3 is 0 Å². The normalized spacial score (nSPS) is 25.0. The molecule has 1 aromatic carbocycles. The number of benzene rings is 1. The van der Waals surface area contributed by atoms with Crippen molar-refractivity contribution in [3.8, 4) is 0 Å². The van der Waals surface area contributed by atoms with Gasteiger partial charge in [-0.3, -0.25) is 0 Å². The molecule has 0 aliphatic carbocycles. The molecule has 3 N–H and O–H groups in total. The third-order valence-corrected chi connectivity index (χ3v) is 4.34. The zero-order valence-corrected chi connectivity index (χ0v) is 12.4. The number of halogens is 1. The highest BCUT2D eigenvalue weighted by Gasteiger charge is 2.30. The largest absolute Gasteiger partial charge is 0.378 e. The van der Waals surface area contributed by atoms with Gasteiger partial charge in [0.1, 0.15) is 0 Å². The molecule has 1 aliphatic rings. The van der Waals surface area contributed by atoms with Crippen LogP contribution in [0.3, 0.4) is 0 Å². The Balaban J connectivity index is 2.09. The molecule has 0 radical (unpaired) electrons. The Morgan fingerprint density at radius 3 is 2.89 bits per heavy atom. The lowest BCUT2D eigenvalue weighted by molar-refractivity contribution is 0.293. The van der Waals surface area contributed by atoms with E-state index in [0.717, 1.165) is 36.6 Å². The van der Waals surface area contributed by atoms with Crippen LogP contribution in [0.5, 0.6) is 0 Å².